The van der Waals surface area contributed by atoms with Gasteiger partial charge in [0.25, 0.3) is 0 Å². The summed E-state index contributed by atoms with van der Waals surface area (Å²) in [5.74, 6) is 0.520. The van der Waals surface area contributed by atoms with E-state index in [4.69, 9.17) is 4.74 Å². The van der Waals surface area contributed by atoms with Crippen LogP contribution in [0.5, 0.6) is 5.75 Å². The van der Waals surface area contributed by atoms with Crippen LogP contribution in [-0.4, -0.2) is 31.0 Å². The van der Waals surface area contributed by atoms with Crippen LogP contribution in [0.25, 0.3) is 0 Å². The van der Waals surface area contributed by atoms with Gasteiger partial charge in [-0.2, -0.15) is 0 Å². The van der Waals surface area contributed by atoms with Crippen molar-refractivity contribution in [2.24, 2.45) is 0 Å². The van der Waals surface area contributed by atoms with Gasteiger partial charge in [-0.1, -0.05) is 44.4 Å². The zero-order valence-electron chi connectivity index (χ0n) is 14.7. The van der Waals surface area contributed by atoms with Crippen molar-refractivity contribution in [1.82, 2.24) is 10.6 Å². The highest BCUT2D eigenvalue weighted by molar-refractivity contribution is 5.92. The molecule has 0 radical (unpaired) electrons. The second-order valence-electron chi connectivity index (χ2n) is 6.44. The molecule has 1 aliphatic rings. The Labute approximate surface area is 144 Å². The van der Waals surface area contributed by atoms with Crippen LogP contribution in [0, 0.1) is 0 Å². The average molecular weight is 332 g/mol. The lowest BCUT2D eigenvalue weighted by Crippen LogP contribution is -2.60. The highest BCUT2D eigenvalue weighted by Crippen LogP contribution is 2.29. The lowest BCUT2D eigenvalue weighted by Gasteiger charge is -2.36. The number of ether oxygens (including phenoxy) is 1. The normalized spacial score (nSPS) is 16.2. The van der Waals surface area contributed by atoms with Crippen LogP contribution in [0.4, 0.5) is 0 Å². The first-order valence-corrected chi connectivity index (χ1v) is 8.82. The number of nitrogens with one attached hydrogen (secondary N) is 2. The third-order valence-electron chi connectivity index (χ3n) is 4.60. The molecule has 5 nitrogen and oxygen atoms in total. The number of carbonyl (C=O) groups is 2. The molecule has 0 saturated heterocycles. The Morgan fingerprint density at radius 3 is 2.54 bits per heavy atom. The van der Waals surface area contributed by atoms with Gasteiger partial charge >= 0.3 is 0 Å². The molecule has 1 saturated carbocycles. The van der Waals surface area contributed by atoms with E-state index in [-0.39, 0.29) is 18.2 Å². The van der Waals surface area contributed by atoms with Gasteiger partial charge in [-0.15, -0.1) is 0 Å². The highest BCUT2D eigenvalue weighted by Gasteiger charge is 2.40. The number of benzene rings is 1. The molecule has 5 heteroatoms. The van der Waals surface area contributed by atoms with Gasteiger partial charge in [-0.3, -0.25) is 9.59 Å². The molecule has 0 spiro atoms. The summed E-state index contributed by atoms with van der Waals surface area (Å²) in [6.07, 6.45) is 5.57. The van der Waals surface area contributed by atoms with Gasteiger partial charge in [0.05, 0.1) is 13.5 Å². The Morgan fingerprint density at radius 2 is 1.88 bits per heavy atom. The van der Waals surface area contributed by atoms with Gasteiger partial charge in [0.15, 0.2) is 0 Å². The number of amides is 2. The third kappa shape index (κ3) is 4.49. The van der Waals surface area contributed by atoms with Gasteiger partial charge < -0.3 is 15.4 Å². The van der Waals surface area contributed by atoms with Crippen LogP contribution in [0.1, 0.15) is 51.0 Å². The fraction of sp³-hybridized carbons (Fsp3) is 0.579. The van der Waals surface area contributed by atoms with E-state index in [2.05, 4.69) is 10.6 Å². The molecule has 0 aliphatic heterocycles. The van der Waals surface area contributed by atoms with E-state index >= 15 is 0 Å². The Bertz CT molecular complexity index is 565. The van der Waals surface area contributed by atoms with Crippen LogP contribution in [-0.2, 0) is 16.0 Å². The van der Waals surface area contributed by atoms with Crippen molar-refractivity contribution in [2.75, 3.05) is 13.7 Å². The summed E-state index contributed by atoms with van der Waals surface area (Å²) >= 11 is 0. The summed E-state index contributed by atoms with van der Waals surface area (Å²) in [5.41, 5.74) is 0.0735. The van der Waals surface area contributed by atoms with Crippen molar-refractivity contribution in [2.45, 2.75) is 57.4 Å². The van der Waals surface area contributed by atoms with E-state index in [0.29, 0.717) is 25.1 Å². The SMILES string of the molecule is CCCNC(=O)C1(NC(=O)Cc2ccccc2OC)CCCCC1. The Morgan fingerprint density at radius 1 is 1.17 bits per heavy atom. The van der Waals surface area contributed by atoms with Crippen LogP contribution < -0.4 is 15.4 Å². The molecule has 0 bridgehead atoms. The van der Waals surface area contributed by atoms with E-state index in [1.807, 2.05) is 31.2 Å². The zero-order valence-corrected chi connectivity index (χ0v) is 14.7. The van der Waals surface area contributed by atoms with Gasteiger partial charge in [0.2, 0.25) is 11.8 Å². The fourth-order valence-electron chi connectivity index (χ4n) is 3.30. The molecular formula is C19H28N2O3. The third-order valence-corrected chi connectivity index (χ3v) is 4.60. The minimum Gasteiger partial charge on any atom is -0.496 e. The molecule has 2 amide bonds. The summed E-state index contributed by atoms with van der Waals surface area (Å²) in [6, 6.07) is 7.48. The zero-order chi connectivity index (χ0) is 17.4. The van der Waals surface area contributed by atoms with E-state index < -0.39 is 5.54 Å². The molecule has 0 heterocycles. The summed E-state index contributed by atoms with van der Waals surface area (Å²) in [6.45, 7) is 2.66. The van der Waals surface area contributed by atoms with Crippen LogP contribution >= 0.6 is 0 Å². The van der Waals surface area contributed by atoms with Crippen molar-refractivity contribution in [3.8, 4) is 5.75 Å². The lowest BCUT2D eigenvalue weighted by molar-refractivity contribution is -0.134. The van der Waals surface area contributed by atoms with Crippen molar-refractivity contribution >= 4 is 11.8 Å². The average Bonchev–Trinajstić information content (AvgIpc) is 2.60. The topological polar surface area (TPSA) is 67.4 Å². The van der Waals surface area contributed by atoms with Crippen LogP contribution in [0.15, 0.2) is 24.3 Å². The smallest absolute Gasteiger partial charge is 0.245 e. The Kier molecular flexibility index (Phi) is 6.64. The van der Waals surface area contributed by atoms with E-state index in [0.717, 1.165) is 31.2 Å². The van der Waals surface area contributed by atoms with Crippen molar-refractivity contribution in [3.63, 3.8) is 0 Å². The van der Waals surface area contributed by atoms with Crippen molar-refractivity contribution < 1.29 is 14.3 Å². The first kappa shape index (κ1) is 18.3. The monoisotopic (exact) mass is 332 g/mol. The molecule has 1 aromatic carbocycles. The fourth-order valence-corrected chi connectivity index (χ4v) is 3.30. The number of hydrogen-bond donors (Lipinski definition) is 2. The molecule has 2 N–H and O–H groups in total. The maximum absolute atomic E-state index is 12.6. The van der Waals surface area contributed by atoms with Gasteiger partial charge in [0.1, 0.15) is 11.3 Å². The van der Waals surface area contributed by atoms with E-state index in [1.165, 1.54) is 0 Å². The number of rotatable bonds is 7. The van der Waals surface area contributed by atoms with E-state index in [9.17, 15) is 9.59 Å². The number of methoxy groups -OCH3 is 1. The van der Waals surface area contributed by atoms with Gasteiger partial charge in [-0.25, -0.2) is 0 Å². The molecule has 1 aliphatic carbocycles. The van der Waals surface area contributed by atoms with Crippen molar-refractivity contribution in [3.05, 3.63) is 29.8 Å². The van der Waals surface area contributed by atoms with Crippen LogP contribution in [0.2, 0.25) is 0 Å². The molecule has 1 aromatic rings. The second-order valence-corrected chi connectivity index (χ2v) is 6.44. The largest absolute Gasteiger partial charge is 0.496 e. The minimum atomic E-state index is -0.757. The number of carbonyl (C=O) groups excluding carboxylic acids is 2. The van der Waals surface area contributed by atoms with Gasteiger partial charge in [-0.05, 0) is 25.3 Å². The molecule has 24 heavy (non-hydrogen) atoms. The Balaban J connectivity index is 2.08. The number of para-hydroxylation sites is 1. The summed E-state index contributed by atoms with van der Waals surface area (Å²) in [5, 5.41) is 5.99. The first-order valence-electron chi connectivity index (χ1n) is 8.82. The summed E-state index contributed by atoms with van der Waals surface area (Å²) in [4.78, 5) is 25.2. The maximum Gasteiger partial charge on any atom is 0.245 e. The quantitative estimate of drug-likeness (QED) is 0.806. The molecular weight excluding hydrogens is 304 g/mol. The first-order chi connectivity index (χ1) is 11.6. The minimum absolute atomic E-state index is 0.0440. The molecule has 2 rings (SSSR count). The molecule has 1 fully saturated rings. The summed E-state index contributed by atoms with van der Waals surface area (Å²) < 4.78 is 5.30. The molecule has 0 unspecified atom stereocenters. The maximum atomic E-state index is 12.6. The highest BCUT2D eigenvalue weighted by atomic mass is 16.5. The molecule has 0 aromatic heterocycles. The predicted molar refractivity (Wildman–Crippen MR) is 94.0 cm³/mol. The number of hydrogen-bond acceptors (Lipinski definition) is 3. The Hall–Kier alpha value is -2.04. The molecule has 132 valence electrons. The van der Waals surface area contributed by atoms with Crippen molar-refractivity contribution in [1.29, 1.82) is 0 Å². The van der Waals surface area contributed by atoms with E-state index in [1.54, 1.807) is 7.11 Å². The lowest BCUT2D eigenvalue weighted by atomic mass is 9.80. The summed E-state index contributed by atoms with van der Waals surface area (Å²) in [7, 11) is 1.59. The predicted octanol–water partition coefficient (Wildman–Crippen LogP) is 2.58. The standard InChI is InChI=1S/C19H28N2O3/c1-3-13-20-18(23)19(11-7-4-8-12-19)21-17(22)14-15-9-5-6-10-16(15)24-2/h5-6,9-10H,3-4,7-8,11-14H2,1-2H3,(H,20,23)(H,21,22). The van der Waals surface area contributed by atoms with Gasteiger partial charge in [0, 0.05) is 12.1 Å². The second kappa shape index (κ2) is 8.71. The van der Waals surface area contributed by atoms with Crippen LogP contribution in [0.3, 0.4) is 0 Å². The molecule has 0 atom stereocenters.